The molecule has 0 atom stereocenters. The number of aryl methyl sites for hydroxylation is 2. The van der Waals surface area contributed by atoms with E-state index in [0.717, 1.165) is 40.1 Å². The molecule has 0 saturated carbocycles. The Morgan fingerprint density at radius 1 is 1.25 bits per heavy atom. The predicted molar refractivity (Wildman–Crippen MR) is 110 cm³/mol. The Labute approximate surface area is 167 Å². The molecular weight excluding hydrogens is 372 g/mol. The first-order valence-corrected chi connectivity index (χ1v) is 10.1. The topological polar surface area (TPSA) is 77.6 Å². The van der Waals surface area contributed by atoms with Gasteiger partial charge < -0.3 is 5.32 Å². The van der Waals surface area contributed by atoms with Crippen LogP contribution < -0.4 is 5.32 Å². The van der Waals surface area contributed by atoms with Gasteiger partial charge in [0.05, 0.1) is 17.3 Å². The van der Waals surface area contributed by atoms with Crippen molar-refractivity contribution in [2.75, 3.05) is 0 Å². The second-order valence-corrected chi connectivity index (χ2v) is 7.57. The highest BCUT2D eigenvalue weighted by molar-refractivity contribution is 7.13. The average Bonchev–Trinajstić information content (AvgIpc) is 3.41. The van der Waals surface area contributed by atoms with Gasteiger partial charge in [-0.15, -0.1) is 11.3 Å². The van der Waals surface area contributed by atoms with Crippen molar-refractivity contribution < 1.29 is 4.79 Å². The molecule has 0 saturated heterocycles. The monoisotopic (exact) mass is 394 g/mol. The van der Waals surface area contributed by atoms with E-state index in [1.54, 1.807) is 28.4 Å². The van der Waals surface area contributed by atoms with Crippen molar-refractivity contribution in [1.82, 2.24) is 29.9 Å². The van der Waals surface area contributed by atoms with Crippen LogP contribution in [-0.2, 0) is 24.4 Å². The molecule has 144 valence electrons. The van der Waals surface area contributed by atoms with Gasteiger partial charge in [-0.2, -0.15) is 10.2 Å². The van der Waals surface area contributed by atoms with Crippen LogP contribution in [0.3, 0.4) is 0 Å². The fourth-order valence-corrected chi connectivity index (χ4v) is 4.15. The average molecular weight is 395 g/mol. The third kappa shape index (κ3) is 3.31. The molecule has 4 aromatic heterocycles. The van der Waals surface area contributed by atoms with Crippen molar-refractivity contribution in [1.29, 1.82) is 0 Å². The van der Waals surface area contributed by atoms with Gasteiger partial charge in [-0.25, -0.2) is 9.67 Å². The van der Waals surface area contributed by atoms with Gasteiger partial charge >= 0.3 is 0 Å². The van der Waals surface area contributed by atoms with Gasteiger partial charge in [0.1, 0.15) is 6.54 Å². The van der Waals surface area contributed by atoms with Crippen LogP contribution in [0, 0.1) is 13.8 Å². The molecule has 1 amide bonds. The standard InChI is InChI=1S/C20H22N6OS/c1-4-25-14(3)15(11-23-25)10-22-18(27)12-26-20-19(13(2)24-26)16(7-8-21-20)17-6-5-9-28-17/h5-9,11H,4,10,12H2,1-3H3,(H,22,27). The first kappa shape index (κ1) is 18.4. The number of hydrogen-bond donors (Lipinski definition) is 1. The molecule has 0 aromatic carbocycles. The van der Waals surface area contributed by atoms with Gasteiger partial charge in [0.15, 0.2) is 5.65 Å². The van der Waals surface area contributed by atoms with Crippen molar-refractivity contribution in [2.45, 2.75) is 40.4 Å². The van der Waals surface area contributed by atoms with Crippen molar-refractivity contribution >= 4 is 28.3 Å². The third-order valence-electron chi connectivity index (χ3n) is 4.87. The van der Waals surface area contributed by atoms with Gasteiger partial charge in [0.25, 0.3) is 0 Å². The molecule has 7 nitrogen and oxygen atoms in total. The largest absolute Gasteiger partial charge is 0.350 e. The number of carbonyl (C=O) groups excluding carboxylic acids is 1. The van der Waals surface area contributed by atoms with Crippen molar-refractivity contribution in [2.24, 2.45) is 0 Å². The van der Waals surface area contributed by atoms with E-state index in [0.29, 0.717) is 6.54 Å². The van der Waals surface area contributed by atoms with E-state index < -0.39 is 0 Å². The lowest BCUT2D eigenvalue weighted by Crippen LogP contribution is -2.27. The zero-order valence-electron chi connectivity index (χ0n) is 16.1. The maximum Gasteiger partial charge on any atom is 0.242 e. The molecule has 8 heteroatoms. The quantitative estimate of drug-likeness (QED) is 0.544. The van der Waals surface area contributed by atoms with Crippen molar-refractivity contribution in [3.8, 4) is 10.4 Å². The van der Waals surface area contributed by atoms with Gasteiger partial charge in [-0.05, 0) is 38.3 Å². The zero-order chi connectivity index (χ0) is 19.7. The lowest BCUT2D eigenvalue weighted by molar-refractivity contribution is -0.121. The fourth-order valence-electron chi connectivity index (χ4n) is 3.39. The van der Waals surface area contributed by atoms with Crippen LogP contribution in [0.25, 0.3) is 21.5 Å². The molecule has 0 aliphatic rings. The molecule has 28 heavy (non-hydrogen) atoms. The number of hydrogen-bond acceptors (Lipinski definition) is 5. The Bertz CT molecular complexity index is 1130. The van der Waals surface area contributed by atoms with Crippen molar-refractivity contribution in [3.63, 3.8) is 0 Å². The summed E-state index contributed by atoms with van der Waals surface area (Å²) < 4.78 is 3.60. The van der Waals surface area contributed by atoms with Crippen molar-refractivity contribution in [3.05, 3.63) is 52.9 Å². The number of carbonyl (C=O) groups is 1. The summed E-state index contributed by atoms with van der Waals surface area (Å²) in [4.78, 5) is 18.2. The SMILES string of the molecule is CCn1ncc(CNC(=O)Cn2nc(C)c3c(-c4cccs4)ccnc32)c1C. The molecular formula is C20H22N6OS. The highest BCUT2D eigenvalue weighted by Crippen LogP contribution is 2.32. The van der Waals surface area contributed by atoms with Crippen LogP contribution in [0.15, 0.2) is 36.0 Å². The first-order chi connectivity index (χ1) is 13.6. The number of thiophene rings is 1. The van der Waals surface area contributed by atoms with Gasteiger partial charge in [0.2, 0.25) is 5.91 Å². The minimum atomic E-state index is -0.101. The molecule has 0 unspecified atom stereocenters. The Hall–Kier alpha value is -3.00. The first-order valence-electron chi connectivity index (χ1n) is 9.22. The van der Waals surface area contributed by atoms with Crippen LogP contribution in [0.5, 0.6) is 0 Å². The molecule has 0 bridgehead atoms. The van der Waals surface area contributed by atoms with E-state index in [1.807, 2.05) is 37.6 Å². The number of nitrogens with zero attached hydrogens (tertiary/aromatic N) is 5. The third-order valence-corrected chi connectivity index (χ3v) is 5.77. The molecule has 0 fully saturated rings. The summed E-state index contributed by atoms with van der Waals surface area (Å²) in [5.74, 6) is -0.101. The summed E-state index contributed by atoms with van der Waals surface area (Å²) in [5.41, 5.74) is 4.81. The molecule has 1 N–H and O–H groups in total. The minimum absolute atomic E-state index is 0.101. The molecule has 0 spiro atoms. The van der Waals surface area contributed by atoms with E-state index in [-0.39, 0.29) is 12.5 Å². The summed E-state index contributed by atoms with van der Waals surface area (Å²) >= 11 is 1.68. The number of fused-ring (bicyclic) bond motifs is 1. The normalized spacial score (nSPS) is 11.2. The van der Waals surface area contributed by atoms with E-state index in [4.69, 9.17) is 0 Å². The summed E-state index contributed by atoms with van der Waals surface area (Å²) in [6.07, 6.45) is 3.58. The summed E-state index contributed by atoms with van der Waals surface area (Å²) in [6, 6.07) is 6.12. The smallest absolute Gasteiger partial charge is 0.242 e. The number of aromatic nitrogens is 5. The predicted octanol–water partition coefficient (Wildman–Crippen LogP) is 3.31. The molecule has 0 radical (unpaired) electrons. The van der Waals surface area contributed by atoms with Gasteiger partial charge in [0, 0.05) is 41.0 Å². The lowest BCUT2D eigenvalue weighted by atomic mass is 10.1. The Kier molecular flexibility index (Phi) is 4.95. The molecule has 4 aromatic rings. The maximum atomic E-state index is 12.5. The fraction of sp³-hybridized carbons (Fsp3) is 0.300. The van der Waals surface area contributed by atoms with Crippen LogP contribution in [0.1, 0.15) is 23.9 Å². The Morgan fingerprint density at radius 3 is 2.82 bits per heavy atom. The Morgan fingerprint density at radius 2 is 2.11 bits per heavy atom. The lowest BCUT2D eigenvalue weighted by Gasteiger charge is -2.07. The van der Waals surface area contributed by atoms with Crippen LogP contribution >= 0.6 is 11.3 Å². The van der Waals surface area contributed by atoms with Gasteiger partial charge in [-0.1, -0.05) is 6.07 Å². The minimum Gasteiger partial charge on any atom is -0.350 e. The number of amides is 1. The van der Waals surface area contributed by atoms with Crippen LogP contribution in [0.2, 0.25) is 0 Å². The van der Waals surface area contributed by atoms with Gasteiger partial charge in [-0.3, -0.25) is 9.48 Å². The second kappa shape index (κ2) is 7.55. The molecule has 0 aliphatic heterocycles. The number of nitrogens with one attached hydrogen (secondary N) is 1. The number of rotatable bonds is 6. The highest BCUT2D eigenvalue weighted by Gasteiger charge is 2.16. The van der Waals surface area contributed by atoms with E-state index in [9.17, 15) is 4.79 Å². The maximum absolute atomic E-state index is 12.5. The molecule has 0 aliphatic carbocycles. The summed E-state index contributed by atoms with van der Waals surface area (Å²) in [6.45, 7) is 7.42. The summed E-state index contributed by atoms with van der Waals surface area (Å²) in [5, 5.41) is 14.9. The Balaban J connectivity index is 1.54. The highest BCUT2D eigenvalue weighted by atomic mass is 32.1. The molecule has 4 heterocycles. The van der Waals surface area contributed by atoms with Crippen LogP contribution in [-0.4, -0.2) is 30.5 Å². The van der Waals surface area contributed by atoms with Crippen LogP contribution in [0.4, 0.5) is 0 Å². The van der Waals surface area contributed by atoms with E-state index in [1.165, 1.54) is 4.88 Å². The van der Waals surface area contributed by atoms with E-state index >= 15 is 0 Å². The zero-order valence-corrected chi connectivity index (χ0v) is 17.0. The second-order valence-electron chi connectivity index (χ2n) is 6.63. The molecule has 4 rings (SSSR count). The van der Waals surface area contributed by atoms with E-state index in [2.05, 4.69) is 31.9 Å². The number of pyridine rings is 1. The summed E-state index contributed by atoms with van der Waals surface area (Å²) in [7, 11) is 0.